The smallest absolute Gasteiger partial charge is 0.0207 e. The zero-order valence-electron chi connectivity index (χ0n) is 11.1. The molecule has 0 aromatic heterocycles. The van der Waals surface area contributed by atoms with E-state index in [1.807, 2.05) is 0 Å². The maximum atomic E-state index is 3.76. The van der Waals surface area contributed by atoms with Crippen LogP contribution >= 0.6 is 0 Å². The molecule has 0 amide bonds. The summed E-state index contributed by atoms with van der Waals surface area (Å²) in [5.41, 5.74) is 0. The topological polar surface area (TPSA) is 18.5 Å². The van der Waals surface area contributed by atoms with Crippen molar-refractivity contribution in [2.24, 2.45) is 5.92 Å². The Kier molecular flexibility index (Phi) is 4.22. The predicted molar refractivity (Wildman–Crippen MR) is 68.7 cm³/mol. The Morgan fingerprint density at radius 1 is 1.19 bits per heavy atom. The minimum absolute atomic E-state index is 0.712. The molecule has 0 spiro atoms. The second-order valence-electron chi connectivity index (χ2n) is 5.90. The van der Waals surface area contributed by atoms with Gasteiger partial charge in [-0.3, -0.25) is 4.90 Å². The average molecular weight is 225 g/mol. The summed E-state index contributed by atoms with van der Waals surface area (Å²) < 4.78 is 0. The molecule has 0 aromatic rings. The van der Waals surface area contributed by atoms with Crippen LogP contribution in [0.4, 0.5) is 0 Å². The fourth-order valence-corrected chi connectivity index (χ4v) is 2.95. The van der Waals surface area contributed by atoms with E-state index in [1.54, 1.807) is 0 Å². The number of rotatable bonds is 4. The van der Waals surface area contributed by atoms with Gasteiger partial charge in [-0.2, -0.15) is 0 Å². The fraction of sp³-hybridized carbons (Fsp3) is 1.00. The van der Waals surface area contributed by atoms with E-state index in [0.717, 1.165) is 12.0 Å². The molecule has 0 bridgehead atoms. The third-order valence-corrected chi connectivity index (χ3v) is 4.13. The van der Waals surface area contributed by atoms with Crippen LogP contribution in [-0.4, -0.2) is 61.7 Å². The van der Waals surface area contributed by atoms with Crippen molar-refractivity contribution in [1.29, 1.82) is 0 Å². The minimum Gasteiger partial charge on any atom is -0.312 e. The lowest BCUT2D eigenvalue weighted by molar-refractivity contribution is 0.266. The first-order chi connectivity index (χ1) is 7.65. The molecule has 2 unspecified atom stereocenters. The molecule has 3 nitrogen and oxygen atoms in total. The van der Waals surface area contributed by atoms with Gasteiger partial charge in [0.05, 0.1) is 0 Å². The molecule has 0 aliphatic carbocycles. The molecule has 2 heterocycles. The zero-order valence-corrected chi connectivity index (χ0v) is 11.1. The third-order valence-electron chi connectivity index (χ3n) is 4.13. The van der Waals surface area contributed by atoms with Crippen LogP contribution in [0.3, 0.4) is 0 Å². The molecular weight excluding hydrogens is 198 g/mol. The van der Waals surface area contributed by atoms with Crippen molar-refractivity contribution in [2.45, 2.75) is 38.8 Å². The highest BCUT2D eigenvalue weighted by molar-refractivity contribution is 4.84. The molecule has 2 saturated heterocycles. The van der Waals surface area contributed by atoms with Gasteiger partial charge in [0.2, 0.25) is 0 Å². The summed E-state index contributed by atoms with van der Waals surface area (Å²) in [6.45, 7) is 10.9. The molecule has 0 radical (unpaired) electrons. The predicted octanol–water partition coefficient (Wildman–Crippen LogP) is 1.01. The Labute approximate surface area is 100 Å². The molecule has 2 atom stereocenters. The van der Waals surface area contributed by atoms with Crippen molar-refractivity contribution in [2.75, 3.05) is 39.8 Å². The summed E-state index contributed by atoms with van der Waals surface area (Å²) >= 11 is 0. The van der Waals surface area contributed by atoms with Gasteiger partial charge in [-0.15, -0.1) is 0 Å². The van der Waals surface area contributed by atoms with Crippen molar-refractivity contribution in [3.63, 3.8) is 0 Å². The van der Waals surface area contributed by atoms with Gasteiger partial charge in [0.15, 0.2) is 0 Å². The van der Waals surface area contributed by atoms with Gasteiger partial charge in [0.1, 0.15) is 0 Å². The lowest BCUT2D eigenvalue weighted by Gasteiger charge is -2.21. The van der Waals surface area contributed by atoms with Gasteiger partial charge in [0.25, 0.3) is 0 Å². The monoisotopic (exact) mass is 225 g/mol. The molecule has 2 aliphatic rings. The quantitative estimate of drug-likeness (QED) is 0.770. The average Bonchev–Trinajstić information content (AvgIpc) is 2.83. The van der Waals surface area contributed by atoms with Crippen LogP contribution in [0.25, 0.3) is 0 Å². The number of hydrogen-bond donors (Lipinski definition) is 1. The van der Waals surface area contributed by atoms with Gasteiger partial charge in [-0.05, 0) is 59.3 Å². The maximum Gasteiger partial charge on any atom is 0.0207 e. The molecule has 2 fully saturated rings. The van der Waals surface area contributed by atoms with Crippen molar-refractivity contribution < 1.29 is 0 Å². The molecule has 0 saturated carbocycles. The van der Waals surface area contributed by atoms with Gasteiger partial charge >= 0.3 is 0 Å². The second kappa shape index (κ2) is 5.48. The van der Waals surface area contributed by atoms with Crippen molar-refractivity contribution >= 4 is 0 Å². The molecule has 0 aromatic carbocycles. The highest BCUT2D eigenvalue weighted by atomic mass is 15.2. The molecule has 1 N–H and O–H groups in total. The maximum absolute atomic E-state index is 3.76. The summed E-state index contributed by atoms with van der Waals surface area (Å²) in [4.78, 5) is 5.03. The van der Waals surface area contributed by atoms with Crippen LogP contribution < -0.4 is 5.32 Å². The summed E-state index contributed by atoms with van der Waals surface area (Å²) in [6, 6.07) is 1.46. The number of likely N-dealkylation sites (tertiary alicyclic amines) is 2. The Bertz CT molecular complexity index is 217. The van der Waals surface area contributed by atoms with E-state index < -0.39 is 0 Å². The minimum atomic E-state index is 0.712. The van der Waals surface area contributed by atoms with Crippen LogP contribution in [-0.2, 0) is 0 Å². The Morgan fingerprint density at radius 3 is 2.56 bits per heavy atom. The van der Waals surface area contributed by atoms with Crippen LogP contribution in [0.15, 0.2) is 0 Å². The third kappa shape index (κ3) is 3.19. The Hall–Kier alpha value is -0.120. The largest absolute Gasteiger partial charge is 0.312 e. The SMILES string of the molecule is CC(C)N1CCC(NCC2CCN(C)C2)C1. The lowest BCUT2D eigenvalue weighted by atomic mass is 10.1. The Balaban J connectivity index is 1.64. The normalized spacial score (nSPS) is 33.0. The first kappa shape index (κ1) is 12.3. The lowest BCUT2D eigenvalue weighted by Crippen LogP contribution is -2.37. The number of nitrogens with zero attached hydrogens (tertiary/aromatic N) is 2. The number of nitrogens with one attached hydrogen (secondary N) is 1. The van der Waals surface area contributed by atoms with E-state index >= 15 is 0 Å². The van der Waals surface area contributed by atoms with E-state index in [1.165, 1.54) is 45.6 Å². The van der Waals surface area contributed by atoms with Crippen LogP contribution in [0, 0.1) is 5.92 Å². The first-order valence-corrected chi connectivity index (χ1v) is 6.81. The van der Waals surface area contributed by atoms with Crippen molar-refractivity contribution in [3.8, 4) is 0 Å². The van der Waals surface area contributed by atoms with Crippen molar-refractivity contribution in [3.05, 3.63) is 0 Å². The highest BCUT2D eigenvalue weighted by Crippen LogP contribution is 2.16. The van der Waals surface area contributed by atoms with E-state index in [9.17, 15) is 0 Å². The van der Waals surface area contributed by atoms with Gasteiger partial charge in [-0.1, -0.05) is 0 Å². The van der Waals surface area contributed by atoms with Crippen molar-refractivity contribution in [1.82, 2.24) is 15.1 Å². The molecular formula is C13H27N3. The summed E-state index contributed by atoms with van der Waals surface area (Å²) in [6.07, 6.45) is 2.71. The van der Waals surface area contributed by atoms with Crippen LogP contribution in [0.1, 0.15) is 26.7 Å². The van der Waals surface area contributed by atoms with E-state index in [-0.39, 0.29) is 0 Å². The van der Waals surface area contributed by atoms with Gasteiger partial charge in [0, 0.05) is 25.2 Å². The fourth-order valence-electron chi connectivity index (χ4n) is 2.95. The van der Waals surface area contributed by atoms with E-state index in [0.29, 0.717) is 6.04 Å². The standard InChI is InChI=1S/C13H27N3/c1-11(2)16-7-5-13(10-16)14-8-12-4-6-15(3)9-12/h11-14H,4-10H2,1-3H3. The molecule has 2 rings (SSSR count). The second-order valence-corrected chi connectivity index (χ2v) is 5.90. The van der Waals surface area contributed by atoms with E-state index in [4.69, 9.17) is 0 Å². The first-order valence-electron chi connectivity index (χ1n) is 6.81. The molecule has 16 heavy (non-hydrogen) atoms. The highest BCUT2D eigenvalue weighted by Gasteiger charge is 2.25. The Morgan fingerprint density at radius 2 is 2.00 bits per heavy atom. The van der Waals surface area contributed by atoms with Gasteiger partial charge in [-0.25, -0.2) is 0 Å². The summed E-state index contributed by atoms with van der Waals surface area (Å²) in [5.74, 6) is 0.887. The number of hydrogen-bond acceptors (Lipinski definition) is 3. The molecule has 2 aliphatic heterocycles. The van der Waals surface area contributed by atoms with E-state index in [2.05, 4.69) is 36.0 Å². The zero-order chi connectivity index (χ0) is 11.5. The van der Waals surface area contributed by atoms with Gasteiger partial charge < -0.3 is 10.2 Å². The van der Waals surface area contributed by atoms with Crippen LogP contribution in [0.2, 0.25) is 0 Å². The van der Waals surface area contributed by atoms with Crippen LogP contribution in [0.5, 0.6) is 0 Å². The molecule has 3 heteroatoms. The molecule has 94 valence electrons. The summed E-state index contributed by atoms with van der Waals surface area (Å²) in [7, 11) is 2.23. The summed E-state index contributed by atoms with van der Waals surface area (Å²) in [5, 5.41) is 3.76.